The summed E-state index contributed by atoms with van der Waals surface area (Å²) in [7, 11) is -2.48. The van der Waals surface area contributed by atoms with Crippen molar-refractivity contribution < 1.29 is 33.0 Å². The predicted molar refractivity (Wildman–Crippen MR) is 226 cm³/mol. The highest BCUT2D eigenvalue weighted by Gasteiger charge is 2.50. The number of unbranched alkanes of at least 4 members (excludes halogenated alkanes) is 7. The van der Waals surface area contributed by atoms with Gasteiger partial charge in [0, 0.05) is 19.1 Å². The van der Waals surface area contributed by atoms with E-state index in [-0.39, 0.29) is 23.5 Å². The second-order valence-corrected chi connectivity index (χ2v) is 20.5. The molecule has 4 aromatic carbocycles. The highest BCUT2D eigenvalue weighted by atomic mass is 28.4. The van der Waals surface area contributed by atoms with Crippen molar-refractivity contribution in [1.29, 1.82) is 0 Å². The average molecular weight is 779 g/mol. The molecule has 0 bridgehead atoms. The molecule has 300 valence electrons. The minimum Gasteiger partial charge on any atom is -0.459 e. The van der Waals surface area contributed by atoms with Gasteiger partial charge in [0.05, 0.1) is 17.2 Å². The Hall–Kier alpha value is -4.08. The van der Waals surface area contributed by atoms with Crippen LogP contribution in [0.3, 0.4) is 0 Å². The lowest BCUT2D eigenvalue weighted by atomic mass is 9.83. The molecular formula is C48H62O7Si. The fourth-order valence-corrected chi connectivity index (χ4v) is 12.4. The number of rotatable bonds is 20. The van der Waals surface area contributed by atoms with Crippen LogP contribution in [0.5, 0.6) is 0 Å². The van der Waals surface area contributed by atoms with Gasteiger partial charge in [0.1, 0.15) is 6.61 Å². The van der Waals surface area contributed by atoms with Crippen molar-refractivity contribution in [2.24, 2.45) is 11.8 Å². The van der Waals surface area contributed by atoms with Gasteiger partial charge in [-0.1, -0.05) is 170 Å². The normalized spacial score (nSPS) is 20.0. The maximum Gasteiger partial charge on any atom is 0.338 e. The summed E-state index contributed by atoms with van der Waals surface area (Å²) in [5.41, 5.74) is 0.976. The van der Waals surface area contributed by atoms with Crippen LogP contribution in [-0.4, -0.2) is 58.6 Å². The van der Waals surface area contributed by atoms with Gasteiger partial charge in [-0.2, -0.15) is 0 Å². The van der Waals surface area contributed by atoms with Crippen LogP contribution in [0.2, 0.25) is 5.04 Å². The van der Waals surface area contributed by atoms with Crippen molar-refractivity contribution in [3.63, 3.8) is 0 Å². The summed E-state index contributed by atoms with van der Waals surface area (Å²) < 4.78 is 31.5. The molecule has 5 rings (SSSR count). The summed E-state index contributed by atoms with van der Waals surface area (Å²) in [6, 6.07) is 39.6. The molecule has 5 atom stereocenters. The van der Waals surface area contributed by atoms with Gasteiger partial charge < -0.3 is 23.4 Å². The smallest absolute Gasteiger partial charge is 0.338 e. The van der Waals surface area contributed by atoms with Gasteiger partial charge in [0.25, 0.3) is 8.32 Å². The number of benzene rings is 4. The summed E-state index contributed by atoms with van der Waals surface area (Å²) in [6.07, 6.45) is 7.07. The maximum absolute atomic E-state index is 13.1. The molecule has 0 aromatic heterocycles. The van der Waals surface area contributed by atoms with Crippen molar-refractivity contribution in [1.82, 2.24) is 0 Å². The van der Waals surface area contributed by atoms with Crippen LogP contribution in [0.1, 0.15) is 107 Å². The zero-order chi connectivity index (χ0) is 39.8. The molecule has 1 saturated heterocycles. The van der Waals surface area contributed by atoms with Gasteiger partial charge in [0.2, 0.25) is 0 Å². The Morgan fingerprint density at radius 1 is 0.589 bits per heavy atom. The molecule has 56 heavy (non-hydrogen) atoms. The predicted octanol–water partition coefficient (Wildman–Crippen LogP) is 9.78. The summed E-state index contributed by atoms with van der Waals surface area (Å²) in [5, 5.41) is 2.65. The molecule has 0 saturated carbocycles. The van der Waals surface area contributed by atoms with E-state index in [0.29, 0.717) is 17.7 Å². The molecule has 1 aliphatic rings. The minimum atomic E-state index is -2.48. The van der Waals surface area contributed by atoms with E-state index in [0.717, 1.165) is 38.7 Å². The van der Waals surface area contributed by atoms with Crippen molar-refractivity contribution >= 4 is 30.6 Å². The summed E-state index contributed by atoms with van der Waals surface area (Å²) in [4.78, 5) is 25.8. The summed E-state index contributed by atoms with van der Waals surface area (Å²) in [5.74, 6) is -0.936. The van der Waals surface area contributed by atoms with Crippen LogP contribution in [0.25, 0.3) is 0 Å². The third-order valence-electron chi connectivity index (χ3n) is 11.2. The van der Waals surface area contributed by atoms with E-state index in [2.05, 4.69) is 81.4 Å². The van der Waals surface area contributed by atoms with Gasteiger partial charge in [-0.15, -0.1) is 0 Å². The van der Waals surface area contributed by atoms with Gasteiger partial charge in [-0.3, -0.25) is 0 Å². The fraction of sp³-hybridized carbons (Fsp3) is 0.458. The average Bonchev–Trinajstić information content (AvgIpc) is 3.22. The quantitative estimate of drug-likeness (QED) is 0.0502. The molecule has 1 heterocycles. The Kier molecular flexibility index (Phi) is 16.5. The molecule has 7 nitrogen and oxygen atoms in total. The van der Waals surface area contributed by atoms with Crippen LogP contribution in [0, 0.1) is 11.8 Å². The van der Waals surface area contributed by atoms with E-state index in [1.54, 1.807) is 24.3 Å². The number of carbonyl (C=O) groups excluding carboxylic acids is 2. The van der Waals surface area contributed by atoms with Crippen LogP contribution in [-0.2, 0) is 23.4 Å². The van der Waals surface area contributed by atoms with Crippen molar-refractivity contribution in [2.45, 2.75) is 110 Å². The Morgan fingerprint density at radius 3 is 1.54 bits per heavy atom. The molecular weight excluding hydrogens is 717 g/mol. The summed E-state index contributed by atoms with van der Waals surface area (Å²) in [6.45, 7) is 12.4. The molecule has 8 heteroatoms. The monoisotopic (exact) mass is 778 g/mol. The fourth-order valence-electron chi connectivity index (χ4n) is 7.78. The van der Waals surface area contributed by atoms with Crippen molar-refractivity contribution in [2.75, 3.05) is 19.8 Å². The zero-order valence-corrected chi connectivity index (χ0v) is 35.1. The van der Waals surface area contributed by atoms with E-state index >= 15 is 0 Å². The lowest BCUT2D eigenvalue weighted by Crippen LogP contribution is -2.66. The van der Waals surface area contributed by atoms with Crippen LogP contribution < -0.4 is 10.4 Å². The van der Waals surface area contributed by atoms with Gasteiger partial charge in [-0.05, 0) is 58.4 Å². The second kappa shape index (κ2) is 21.4. The van der Waals surface area contributed by atoms with E-state index in [4.69, 9.17) is 23.4 Å². The lowest BCUT2D eigenvalue weighted by molar-refractivity contribution is -0.274. The highest BCUT2D eigenvalue weighted by Crippen LogP contribution is 2.37. The third kappa shape index (κ3) is 11.5. The molecule has 0 amide bonds. The number of esters is 2. The van der Waals surface area contributed by atoms with E-state index < -0.39 is 38.8 Å². The Morgan fingerprint density at radius 2 is 1.04 bits per heavy atom. The van der Waals surface area contributed by atoms with Crippen LogP contribution >= 0.6 is 0 Å². The standard InChI is InChI=1S/C48H62O7Si/c1-37-38(2)44(55-46(50)40-28-18-13-19-29-40)47(54-43(37)36-52-45(49)39-26-16-12-17-27-39)51-34-24-10-8-6-7-9-11-25-35-53-56(48(3,4)5,41-30-20-14-21-31-41)42-32-22-15-23-33-42/h12-23,26-33,37-38,43-44,47H,6-11,24-25,34-36H2,1-5H3/t37-,38-,43?,44?,47+/m0/s1. The molecule has 0 radical (unpaired) electrons. The number of hydrogen-bond acceptors (Lipinski definition) is 7. The van der Waals surface area contributed by atoms with Crippen molar-refractivity contribution in [3.05, 3.63) is 132 Å². The lowest BCUT2D eigenvalue weighted by Gasteiger charge is -2.43. The Balaban J connectivity index is 1.05. The first-order valence-electron chi connectivity index (χ1n) is 20.6. The molecule has 2 unspecified atom stereocenters. The SMILES string of the molecule is C[C@@H]1C(COC(=O)c2ccccc2)O[C@@H](OCCCCCCCCCCO[Si](c2ccccc2)(c2ccccc2)C(C)(C)C)C(OC(=O)c2ccccc2)[C@H]1C. The van der Waals surface area contributed by atoms with Gasteiger partial charge in [-0.25, -0.2) is 9.59 Å². The minimum absolute atomic E-state index is 0.00813. The van der Waals surface area contributed by atoms with Crippen LogP contribution in [0.15, 0.2) is 121 Å². The largest absolute Gasteiger partial charge is 0.459 e. The molecule has 4 aromatic rings. The van der Waals surface area contributed by atoms with Crippen LogP contribution in [0.4, 0.5) is 0 Å². The van der Waals surface area contributed by atoms with E-state index in [1.165, 1.54) is 29.6 Å². The number of ether oxygens (including phenoxy) is 4. The zero-order valence-electron chi connectivity index (χ0n) is 34.1. The maximum atomic E-state index is 13.1. The van der Waals surface area contributed by atoms with Crippen molar-refractivity contribution in [3.8, 4) is 0 Å². The highest BCUT2D eigenvalue weighted by molar-refractivity contribution is 6.99. The molecule has 0 N–H and O–H groups in total. The number of hydrogen-bond donors (Lipinski definition) is 0. The van der Waals surface area contributed by atoms with Gasteiger partial charge >= 0.3 is 11.9 Å². The summed E-state index contributed by atoms with van der Waals surface area (Å²) >= 11 is 0. The molecule has 1 fully saturated rings. The first-order valence-corrected chi connectivity index (χ1v) is 22.5. The third-order valence-corrected chi connectivity index (χ3v) is 16.3. The second-order valence-electron chi connectivity index (χ2n) is 16.2. The van der Waals surface area contributed by atoms with E-state index in [1.807, 2.05) is 50.2 Å². The Bertz CT molecular complexity index is 1690. The first-order chi connectivity index (χ1) is 27.1. The molecule has 0 aliphatic carbocycles. The molecule has 1 aliphatic heterocycles. The topological polar surface area (TPSA) is 80.3 Å². The van der Waals surface area contributed by atoms with E-state index in [9.17, 15) is 9.59 Å². The Labute approximate surface area is 336 Å². The first kappa shape index (κ1) is 43.0. The molecule has 0 spiro atoms. The number of carbonyl (C=O) groups is 2. The van der Waals surface area contributed by atoms with Gasteiger partial charge in [0.15, 0.2) is 12.4 Å².